The first-order valence-corrected chi connectivity index (χ1v) is 9.79. The summed E-state index contributed by atoms with van der Waals surface area (Å²) in [6, 6.07) is 10.9. The molecule has 0 aliphatic carbocycles. The van der Waals surface area contributed by atoms with Crippen molar-refractivity contribution >= 4 is 5.97 Å². The largest absolute Gasteiger partial charge is 0.494 e. The van der Waals surface area contributed by atoms with Gasteiger partial charge >= 0.3 is 5.97 Å². The highest BCUT2D eigenvalue weighted by Gasteiger charge is 2.21. The van der Waals surface area contributed by atoms with Crippen molar-refractivity contribution in [2.75, 3.05) is 6.61 Å². The van der Waals surface area contributed by atoms with Crippen LogP contribution < -0.4 is 4.74 Å². The van der Waals surface area contributed by atoms with E-state index in [1.807, 2.05) is 0 Å². The molecule has 2 rings (SSSR count). The first-order chi connectivity index (χ1) is 14.0. The van der Waals surface area contributed by atoms with Crippen LogP contribution in [0.25, 0.3) is 11.1 Å². The Morgan fingerprint density at radius 3 is 2.38 bits per heavy atom. The number of rotatable bonds is 10. The maximum atomic E-state index is 14.5. The molecule has 0 fully saturated rings. The number of halogens is 2. The van der Waals surface area contributed by atoms with Crippen LogP contribution >= 0.6 is 0 Å². The van der Waals surface area contributed by atoms with E-state index < -0.39 is 29.3 Å². The fourth-order valence-corrected chi connectivity index (χ4v) is 2.81. The molecule has 0 amide bonds. The Labute approximate surface area is 170 Å². The van der Waals surface area contributed by atoms with Crippen LogP contribution in [0.4, 0.5) is 8.78 Å². The van der Waals surface area contributed by atoms with E-state index in [4.69, 9.17) is 14.7 Å². The quantitative estimate of drug-likeness (QED) is 0.359. The molecule has 29 heavy (non-hydrogen) atoms. The summed E-state index contributed by atoms with van der Waals surface area (Å²) in [6.07, 6.45) is 4.67. The fourth-order valence-electron chi connectivity index (χ4n) is 2.81. The number of carbonyl (C=O) groups excluding carboxylic acids is 1. The number of hydrogen-bond donors (Lipinski definition) is 0. The molecular formula is C23H25F2NO3. The van der Waals surface area contributed by atoms with Crippen LogP contribution in [0.2, 0.25) is 0 Å². The van der Waals surface area contributed by atoms with Crippen molar-refractivity contribution in [3.05, 3.63) is 53.6 Å². The molecule has 2 aromatic carbocycles. The van der Waals surface area contributed by atoms with Crippen LogP contribution in [0, 0.1) is 23.0 Å². The summed E-state index contributed by atoms with van der Waals surface area (Å²) in [5.74, 6) is -2.86. The molecule has 0 aliphatic rings. The third kappa shape index (κ3) is 6.28. The summed E-state index contributed by atoms with van der Waals surface area (Å²) >= 11 is 0. The zero-order valence-electron chi connectivity index (χ0n) is 16.7. The van der Waals surface area contributed by atoms with Crippen molar-refractivity contribution in [3.63, 3.8) is 0 Å². The first kappa shape index (κ1) is 22.4. The molecule has 2 aromatic rings. The molecular weight excluding hydrogens is 376 g/mol. The topological polar surface area (TPSA) is 59.3 Å². The molecule has 0 saturated carbocycles. The molecule has 1 atom stereocenters. The number of esters is 1. The van der Waals surface area contributed by atoms with Crippen molar-refractivity contribution in [1.29, 1.82) is 5.26 Å². The van der Waals surface area contributed by atoms with Crippen molar-refractivity contribution in [2.45, 2.75) is 52.1 Å². The second-order valence-electron chi connectivity index (χ2n) is 6.75. The predicted octanol–water partition coefficient (Wildman–Crippen LogP) is 6.05. The molecule has 0 aliphatic heterocycles. The molecule has 0 bridgehead atoms. The van der Waals surface area contributed by atoms with E-state index in [2.05, 4.69) is 6.92 Å². The number of benzene rings is 2. The summed E-state index contributed by atoms with van der Waals surface area (Å²) in [6.45, 7) is 4.13. The number of carbonyl (C=O) groups is 1. The van der Waals surface area contributed by atoms with Gasteiger partial charge in [-0.1, -0.05) is 50.8 Å². The van der Waals surface area contributed by atoms with Gasteiger partial charge in [0.2, 0.25) is 0 Å². The lowest BCUT2D eigenvalue weighted by atomic mass is 10.0. The van der Waals surface area contributed by atoms with Gasteiger partial charge in [0.1, 0.15) is 11.8 Å². The van der Waals surface area contributed by atoms with Gasteiger partial charge in [0.15, 0.2) is 17.7 Å². The third-order valence-corrected chi connectivity index (χ3v) is 4.45. The molecule has 154 valence electrons. The Morgan fingerprint density at radius 2 is 1.72 bits per heavy atom. The lowest BCUT2D eigenvalue weighted by Gasteiger charge is -2.11. The van der Waals surface area contributed by atoms with E-state index in [0.29, 0.717) is 17.9 Å². The van der Waals surface area contributed by atoms with Crippen molar-refractivity contribution in [1.82, 2.24) is 0 Å². The van der Waals surface area contributed by atoms with Crippen LogP contribution in [0.5, 0.6) is 5.75 Å². The zero-order valence-corrected chi connectivity index (χ0v) is 16.7. The minimum Gasteiger partial charge on any atom is -0.494 e. The second kappa shape index (κ2) is 11.2. The number of unbranched alkanes of at least 4 members (excludes halogenated alkanes) is 4. The van der Waals surface area contributed by atoms with Gasteiger partial charge in [0, 0.05) is 5.56 Å². The highest BCUT2D eigenvalue weighted by atomic mass is 19.2. The van der Waals surface area contributed by atoms with Gasteiger partial charge in [-0.15, -0.1) is 0 Å². The molecule has 6 heteroatoms. The maximum absolute atomic E-state index is 14.5. The van der Waals surface area contributed by atoms with E-state index in [9.17, 15) is 13.6 Å². The molecule has 4 nitrogen and oxygen atoms in total. The second-order valence-corrected chi connectivity index (χ2v) is 6.75. The van der Waals surface area contributed by atoms with Crippen LogP contribution in [0.3, 0.4) is 0 Å². The Hall–Kier alpha value is -2.94. The SMILES string of the molecule is CCCCCCCOc1ccc(-c2ccc(C(=O)OC(C)C#N)c(F)c2F)cc1. The summed E-state index contributed by atoms with van der Waals surface area (Å²) in [5.41, 5.74) is -0.0584. The van der Waals surface area contributed by atoms with Crippen LogP contribution in [0.15, 0.2) is 36.4 Å². The van der Waals surface area contributed by atoms with Crippen molar-refractivity contribution in [3.8, 4) is 22.9 Å². The molecule has 0 heterocycles. The van der Waals surface area contributed by atoms with E-state index in [1.54, 1.807) is 30.3 Å². The van der Waals surface area contributed by atoms with Gasteiger partial charge in [-0.05, 0) is 37.1 Å². The smallest absolute Gasteiger partial charge is 0.342 e. The summed E-state index contributed by atoms with van der Waals surface area (Å²) < 4.78 is 39.2. The predicted molar refractivity (Wildman–Crippen MR) is 107 cm³/mol. The van der Waals surface area contributed by atoms with Crippen LogP contribution in [-0.4, -0.2) is 18.7 Å². The maximum Gasteiger partial charge on any atom is 0.342 e. The molecule has 0 N–H and O–H groups in total. The Balaban J connectivity index is 2.04. The monoisotopic (exact) mass is 401 g/mol. The average molecular weight is 401 g/mol. The summed E-state index contributed by atoms with van der Waals surface area (Å²) in [4.78, 5) is 11.9. The first-order valence-electron chi connectivity index (χ1n) is 9.79. The van der Waals surface area contributed by atoms with Crippen molar-refractivity contribution in [2.24, 2.45) is 0 Å². The van der Waals surface area contributed by atoms with Crippen LogP contribution in [-0.2, 0) is 4.74 Å². The number of nitrogens with zero attached hydrogens (tertiary/aromatic N) is 1. The minimum atomic E-state index is -1.30. The van der Waals surface area contributed by atoms with E-state index >= 15 is 0 Å². The summed E-state index contributed by atoms with van der Waals surface area (Å²) in [5, 5.41) is 8.67. The van der Waals surface area contributed by atoms with Crippen LogP contribution in [0.1, 0.15) is 56.3 Å². The van der Waals surface area contributed by atoms with Gasteiger partial charge in [0.25, 0.3) is 0 Å². The molecule has 1 unspecified atom stereocenters. The van der Waals surface area contributed by atoms with Gasteiger partial charge in [-0.2, -0.15) is 5.26 Å². The van der Waals surface area contributed by atoms with Gasteiger partial charge < -0.3 is 9.47 Å². The third-order valence-electron chi connectivity index (χ3n) is 4.45. The average Bonchev–Trinajstić information content (AvgIpc) is 2.73. The van der Waals surface area contributed by atoms with Crippen molar-refractivity contribution < 1.29 is 23.0 Å². The molecule has 0 saturated heterocycles. The lowest BCUT2D eigenvalue weighted by Crippen LogP contribution is -2.15. The van der Waals surface area contributed by atoms with E-state index in [1.165, 1.54) is 32.3 Å². The Morgan fingerprint density at radius 1 is 1.03 bits per heavy atom. The van der Waals surface area contributed by atoms with Gasteiger partial charge in [-0.3, -0.25) is 0 Å². The van der Waals surface area contributed by atoms with Gasteiger partial charge in [-0.25, -0.2) is 13.6 Å². The van der Waals surface area contributed by atoms with E-state index in [0.717, 1.165) is 18.9 Å². The highest BCUT2D eigenvalue weighted by molar-refractivity contribution is 5.90. The zero-order chi connectivity index (χ0) is 21.2. The number of hydrogen-bond acceptors (Lipinski definition) is 4. The summed E-state index contributed by atoms with van der Waals surface area (Å²) in [7, 11) is 0. The number of ether oxygens (including phenoxy) is 2. The molecule has 0 spiro atoms. The Bertz CT molecular complexity index is 860. The molecule has 0 radical (unpaired) electrons. The minimum absolute atomic E-state index is 0.0264. The highest BCUT2D eigenvalue weighted by Crippen LogP contribution is 2.28. The molecule has 0 aromatic heterocycles. The normalized spacial score (nSPS) is 11.6. The standard InChI is InChI=1S/C23H25F2NO3/c1-3-4-5-6-7-14-28-18-10-8-17(9-11-18)19-12-13-20(22(25)21(19)24)23(27)29-16(2)15-26/h8-13,16H,3-7,14H2,1-2H3. The Kier molecular flexibility index (Phi) is 8.60. The number of nitriles is 1. The van der Waals surface area contributed by atoms with Gasteiger partial charge in [0.05, 0.1) is 12.2 Å². The lowest BCUT2D eigenvalue weighted by molar-refractivity contribution is 0.0429. The van der Waals surface area contributed by atoms with E-state index in [-0.39, 0.29) is 5.56 Å². The fraction of sp³-hybridized carbons (Fsp3) is 0.391.